The third-order valence-electron chi connectivity index (χ3n) is 7.37. The Balaban J connectivity index is 1.37. The molecule has 1 saturated heterocycles. The van der Waals surface area contributed by atoms with Crippen LogP contribution in [0, 0.1) is 5.82 Å². The van der Waals surface area contributed by atoms with Gasteiger partial charge in [-0.15, -0.1) is 0 Å². The normalized spacial score (nSPS) is 14.5. The van der Waals surface area contributed by atoms with Crippen LogP contribution in [-0.4, -0.2) is 43.2 Å². The minimum absolute atomic E-state index is 0.195. The maximum atomic E-state index is 16.3. The number of fused-ring (bicyclic) bond motifs is 2. The van der Waals surface area contributed by atoms with Crippen LogP contribution in [0.3, 0.4) is 0 Å². The Morgan fingerprint density at radius 2 is 1.88 bits per heavy atom. The molecular weight excluding hydrogens is 515 g/mol. The van der Waals surface area contributed by atoms with E-state index >= 15 is 4.39 Å². The van der Waals surface area contributed by atoms with Crippen molar-refractivity contribution in [2.75, 3.05) is 18.0 Å². The van der Waals surface area contributed by atoms with Gasteiger partial charge in [0.05, 0.1) is 40.7 Å². The molecule has 1 aliphatic heterocycles. The standard InChI is InChI=1S/C32H31FN8/c1-4-21(16-23(5-2)36-20(3)22-12-8-6-9-13-22)29-28(33)27-24(18-35-29)39-40-31(27)32-37-25-17-34-19-26(30(25)38-32)41-14-10-7-11-15-41/h4-6,8-9,12-13,16-19,36H,2-3,7,10-11,14-15H2,1H3,(H,37,38)(H,39,40)/b21-4+,23-16+. The summed E-state index contributed by atoms with van der Waals surface area (Å²) in [6.07, 6.45) is 14.0. The summed E-state index contributed by atoms with van der Waals surface area (Å²) in [5, 5.41) is 10.9. The maximum Gasteiger partial charge on any atom is 0.161 e. The van der Waals surface area contributed by atoms with Crippen molar-refractivity contribution < 1.29 is 4.39 Å². The number of H-pyrrole nitrogens is 2. The molecule has 0 aliphatic carbocycles. The lowest BCUT2D eigenvalue weighted by Gasteiger charge is -2.28. The number of piperidine rings is 1. The van der Waals surface area contributed by atoms with Crippen molar-refractivity contribution in [1.29, 1.82) is 0 Å². The number of imidazole rings is 1. The molecule has 0 atom stereocenters. The first kappa shape index (κ1) is 26.2. The molecule has 1 fully saturated rings. The SMILES string of the molecule is C=C/C(=C\C(=C/C)c1ncc2[nH]nc(-c3nc4c(N5CCCCC5)cncc4[nH]3)c2c1F)NC(=C)c1ccccc1. The minimum atomic E-state index is -0.490. The van der Waals surface area contributed by atoms with Crippen LogP contribution in [0.4, 0.5) is 10.1 Å². The highest BCUT2D eigenvalue weighted by atomic mass is 19.1. The largest absolute Gasteiger partial charge is 0.368 e. The molecule has 4 aromatic heterocycles. The van der Waals surface area contributed by atoms with Crippen LogP contribution in [0.2, 0.25) is 0 Å². The monoisotopic (exact) mass is 546 g/mol. The number of rotatable bonds is 8. The van der Waals surface area contributed by atoms with Gasteiger partial charge in [-0.25, -0.2) is 9.37 Å². The van der Waals surface area contributed by atoms with Crippen LogP contribution in [-0.2, 0) is 0 Å². The van der Waals surface area contributed by atoms with Crippen molar-refractivity contribution in [2.24, 2.45) is 0 Å². The van der Waals surface area contributed by atoms with Gasteiger partial charge < -0.3 is 15.2 Å². The van der Waals surface area contributed by atoms with Crippen LogP contribution >= 0.6 is 0 Å². The highest BCUT2D eigenvalue weighted by Crippen LogP contribution is 2.34. The average Bonchev–Trinajstić information content (AvgIpc) is 3.65. The number of halogens is 1. The van der Waals surface area contributed by atoms with E-state index in [0.717, 1.165) is 48.2 Å². The minimum Gasteiger partial charge on any atom is -0.368 e. The zero-order valence-corrected chi connectivity index (χ0v) is 22.9. The van der Waals surface area contributed by atoms with Gasteiger partial charge in [-0.05, 0) is 43.9 Å². The summed E-state index contributed by atoms with van der Waals surface area (Å²) in [6.45, 7) is 11.8. The van der Waals surface area contributed by atoms with Crippen LogP contribution < -0.4 is 10.2 Å². The number of anilines is 1. The second-order valence-corrected chi connectivity index (χ2v) is 9.99. The molecular formula is C32H31FN8. The Bertz CT molecular complexity index is 1810. The van der Waals surface area contributed by atoms with Gasteiger partial charge in [-0.2, -0.15) is 5.10 Å². The van der Waals surface area contributed by atoms with E-state index in [0.29, 0.717) is 39.4 Å². The van der Waals surface area contributed by atoms with E-state index < -0.39 is 5.82 Å². The summed E-state index contributed by atoms with van der Waals surface area (Å²) >= 11 is 0. The molecule has 41 heavy (non-hydrogen) atoms. The lowest BCUT2D eigenvalue weighted by Crippen LogP contribution is -2.29. The first-order valence-corrected chi connectivity index (χ1v) is 13.7. The molecule has 5 heterocycles. The topological polar surface area (TPSA) is 98.4 Å². The van der Waals surface area contributed by atoms with Crippen LogP contribution in [0.1, 0.15) is 37.4 Å². The Hall–Kier alpha value is -5.05. The second kappa shape index (κ2) is 11.2. The van der Waals surface area contributed by atoms with Crippen molar-refractivity contribution in [3.05, 3.63) is 103 Å². The van der Waals surface area contributed by atoms with Gasteiger partial charge in [0.15, 0.2) is 11.6 Å². The molecule has 0 spiro atoms. The van der Waals surface area contributed by atoms with Crippen molar-refractivity contribution in [1.82, 2.24) is 35.5 Å². The molecule has 8 nitrogen and oxygen atoms in total. The quantitative estimate of drug-likeness (QED) is 0.186. The van der Waals surface area contributed by atoms with Gasteiger partial charge in [0.2, 0.25) is 0 Å². The van der Waals surface area contributed by atoms with E-state index in [-0.39, 0.29) is 5.69 Å². The van der Waals surface area contributed by atoms with Crippen molar-refractivity contribution in [2.45, 2.75) is 26.2 Å². The number of nitrogens with one attached hydrogen (secondary N) is 3. The van der Waals surface area contributed by atoms with Crippen LogP contribution in [0.25, 0.3) is 44.7 Å². The Morgan fingerprint density at radius 3 is 2.63 bits per heavy atom. The molecule has 1 aromatic carbocycles. The number of nitrogens with zero attached hydrogens (tertiary/aromatic N) is 5. The first-order valence-electron chi connectivity index (χ1n) is 13.7. The summed E-state index contributed by atoms with van der Waals surface area (Å²) < 4.78 is 16.3. The fourth-order valence-corrected chi connectivity index (χ4v) is 5.23. The Morgan fingerprint density at radius 1 is 1.07 bits per heavy atom. The lowest BCUT2D eigenvalue weighted by atomic mass is 10.1. The van der Waals surface area contributed by atoms with Crippen molar-refractivity contribution in [3.63, 3.8) is 0 Å². The molecule has 9 heteroatoms. The predicted molar refractivity (Wildman–Crippen MR) is 163 cm³/mol. The number of aromatic nitrogens is 6. The summed E-state index contributed by atoms with van der Waals surface area (Å²) in [7, 11) is 0. The lowest BCUT2D eigenvalue weighted by molar-refractivity contribution is 0.578. The van der Waals surface area contributed by atoms with E-state index in [4.69, 9.17) is 4.98 Å². The number of hydrogen-bond donors (Lipinski definition) is 3. The highest BCUT2D eigenvalue weighted by molar-refractivity contribution is 5.97. The molecule has 6 rings (SSSR count). The highest BCUT2D eigenvalue weighted by Gasteiger charge is 2.22. The predicted octanol–water partition coefficient (Wildman–Crippen LogP) is 6.76. The molecule has 0 saturated carbocycles. The summed E-state index contributed by atoms with van der Waals surface area (Å²) in [5.41, 5.74) is 6.53. The Kier molecular flexibility index (Phi) is 7.16. The number of pyridine rings is 2. The molecule has 5 aromatic rings. The number of hydrogen-bond acceptors (Lipinski definition) is 6. The number of benzene rings is 1. The van der Waals surface area contributed by atoms with Gasteiger partial charge in [0.25, 0.3) is 0 Å². The zero-order chi connectivity index (χ0) is 28.3. The molecule has 3 N–H and O–H groups in total. The van der Waals surface area contributed by atoms with E-state index in [1.165, 1.54) is 6.42 Å². The molecule has 0 amide bonds. The second-order valence-electron chi connectivity index (χ2n) is 9.99. The smallest absolute Gasteiger partial charge is 0.161 e. The fraction of sp³-hybridized carbons (Fsp3) is 0.188. The van der Waals surface area contributed by atoms with E-state index in [1.807, 2.05) is 49.5 Å². The van der Waals surface area contributed by atoms with Gasteiger partial charge in [0, 0.05) is 30.1 Å². The van der Waals surface area contributed by atoms with E-state index in [9.17, 15) is 0 Å². The van der Waals surface area contributed by atoms with Gasteiger partial charge >= 0.3 is 0 Å². The maximum absolute atomic E-state index is 16.3. The molecule has 1 aliphatic rings. The Labute approximate surface area is 237 Å². The van der Waals surface area contributed by atoms with E-state index in [1.54, 1.807) is 24.5 Å². The van der Waals surface area contributed by atoms with Crippen LogP contribution in [0.15, 0.2) is 86.0 Å². The summed E-state index contributed by atoms with van der Waals surface area (Å²) in [4.78, 5) is 19.4. The van der Waals surface area contributed by atoms with Gasteiger partial charge in [0.1, 0.15) is 16.9 Å². The third-order valence-corrected chi connectivity index (χ3v) is 7.37. The number of allylic oxidation sites excluding steroid dienone is 4. The summed E-state index contributed by atoms with van der Waals surface area (Å²) in [5.74, 6) is -0.0190. The van der Waals surface area contributed by atoms with Gasteiger partial charge in [-0.3, -0.25) is 15.1 Å². The molecule has 206 valence electrons. The third kappa shape index (κ3) is 5.02. The van der Waals surface area contributed by atoms with Crippen molar-refractivity contribution in [3.8, 4) is 11.5 Å². The molecule has 0 radical (unpaired) electrons. The van der Waals surface area contributed by atoms with Crippen molar-refractivity contribution >= 4 is 38.9 Å². The van der Waals surface area contributed by atoms with E-state index in [2.05, 4.69) is 48.5 Å². The molecule has 0 bridgehead atoms. The zero-order valence-electron chi connectivity index (χ0n) is 22.9. The number of aromatic amines is 2. The van der Waals surface area contributed by atoms with Gasteiger partial charge in [-0.1, -0.05) is 49.6 Å². The van der Waals surface area contributed by atoms with Crippen LogP contribution in [0.5, 0.6) is 0 Å². The first-order chi connectivity index (χ1) is 20.1. The molecule has 0 unspecified atom stereocenters. The fourth-order valence-electron chi connectivity index (χ4n) is 5.23. The average molecular weight is 547 g/mol. The summed E-state index contributed by atoms with van der Waals surface area (Å²) in [6, 6.07) is 9.77.